The second-order valence-corrected chi connectivity index (χ2v) is 20.4. The second kappa shape index (κ2) is 3.19. The van der Waals surface area contributed by atoms with Crippen molar-refractivity contribution in [2.24, 2.45) is 10.8 Å². The largest absolute Gasteiger partial charge is 0.154 e. The van der Waals surface area contributed by atoms with E-state index < -0.39 is 6.30 Å². The number of hydrogen-bond acceptors (Lipinski definition) is 0. The van der Waals surface area contributed by atoms with Crippen LogP contribution in [-0.4, -0.2) is 20.6 Å². The molecule has 5 rings (SSSR count). The first-order chi connectivity index (χ1) is 10.2. The molecule has 126 valence electrons. The number of halogens is 1. The van der Waals surface area contributed by atoms with Crippen LogP contribution in [0.25, 0.3) is 0 Å². The third-order valence-electron chi connectivity index (χ3n) is 11.2. The first kappa shape index (κ1) is 15.9. The van der Waals surface area contributed by atoms with Gasteiger partial charge in [0, 0.05) is 10.8 Å². The molecule has 0 amide bonds. The number of hydrogen-bond donors (Lipinski definition) is 0. The summed E-state index contributed by atoms with van der Waals surface area (Å²) in [6.07, 6.45) is -1.57. The molecule has 0 radical (unpaired) electrons. The van der Waals surface area contributed by atoms with E-state index in [9.17, 15) is 0 Å². The fourth-order valence-electron chi connectivity index (χ4n) is 9.37. The Hall–Kier alpha value is 0.630. The Labute approximate surface area is 148 Å². The normalized spacial score (nSPS) is 70.8. The SMILES string of the molecule is CC1=C(C)C2(C)C3(C)C1(C)P1C4(C)C3(C)C(C)=C(C)C4(C)[P+]12Cl. The van der Waals surface area contributed by atoms with Crippen LogP contribution in [0.1, 0.15) is 69.2 Å². The number of allylic oxidation sites excluding steroid dienone is 4. The minimum Gasteiger partial charge on any atom is -0.0622 e. The van der Waals surface area contributed by atoms with Gasteiger partial charge >= 0.3 is 0 Å². The molecule has 3 aliphatic heterocycles. The van der Waals surface area contributed by atoms with E-state index in [-0.39, 0.29) is 17.9 Å². The smallest absolute Gasteiger partial charge is 0.0622 e. The third kappa shape index (κ3) is 0.746. The van der Waals surface area contributed by atoms with Crippen LogP contribution in [0.2, 0.25) is 0 Å². The summed E-state index contributed by atoms with van der Waals surface area (Å²) >= 11 is 7.92. The van der Waals surface area contributed by atoms with Gasteiger partial charge in [0.15, 0.2) is 6.30 Å². The van der Waals surface area contributed by atoms with Gasteiger partial charge in [0.1, 0.15) is 10.3 Å². The molecule has 0 aromatic heterocycles. The third-order valence-corrected chi connectivity index (χ3v) is 29.1. The molecule has 3 saturated heterocycles. The summed E-state index contributed by atoms with van der Waals surface area (Å²) in [6, 6.07) is 0. The average molecular weight is 368 g/mol. The molecule has 5 aliphatic rings. The quantitative estimate of drug-likeness (QED) is 0.310. The van der Waals surface area contributed by atoms with Crippen LogP contribution < -0.4 is 0 Å². The standard InChI is InChI=1S/C20H30ClP2/c1-11-13(3)18(8)20(10)15(11,5)19(9)16(6)12(2)14(4)17(19,7)23(18,21)22(16)20/h1-10H3/q+1. The first-order valence-electron chi connectivity index (χ1n) is 9.01. The van der Waals surface area contributed by atoms with Crippen molar-refractivity contribution in [2.75, 3.05) is 0 Å². The Morgan fingerprint density at radius 2 is 1.22 bits per heavy atom. The molecule has 4 bridgehead atoms. The van der Waals surface area contributed by atoms with E-state index in [0.29, 0.717) is 21.1 Å². The van der Waals surface area contributed by atoms with Crippen LogP contribution >= 0.6 is 25.2 Å². The molecule has 0 spiro atoms. The second-order valence-electron chi connectivity index (χ2n) is 9.91. The van der Waals surface area contributed by atoms with Gasteiger partial charge in [0.05, 0.1) is 29.2 Å². The van der Waals surface area contributed by atoms with Crippen LogP contribution in [-0.2, 0) is 0 Å². The summed E-state index contributed by atoms with van der Waals surface area (Å²) in [5.41, 5.74) is 7.30. The van der Waals surface area contributed by atoms with E-state index in [1.54, 1.807) is 22.3 Å². The molecule has 3 heterocycles. The highest BCUT2D eigenvalue weighted by atomic mass is 35.7. The molecular weight excluding hydrogens is 338 g/mol. The maximum absolute atomic E-state index is 7.92. The molecule has 0 nitrogen and oxygen atoms in total. The van der Waals surface area contributed by atoms with E-state index in [0.717, 1.165) is 0 Å². The molecule has 0 aromatic rings. The summed E-state index contributed by atoms with van der Waals surface area (Å²) in [5.74, 6) is 0. The molecule has 3 heteroatoms. The van der Waals surface area contributed by atoms with Crippen molar-refractivity contribution < 1.29 is 0 Å². The zero-order valence-corrected chi connectivity index (χ0v) is 18.8. The minimum absolute atomic E-state index is 0.146. The van der Waals surface area contributed by atoms with Gasteiger partial charge in [0.2, 0.25) is 0 Å². The Morgan fingerprint density at radius 1 is 0.739 bits per heavy atom. The zero-order valence-electron chi connectivity index (χ0n) is 16.3. The van der Waals surface area contributed by atoms with Gasteiger partial charge in [-0.25, -0.2) is 0 Å². The van der Waals surface area contributed by atoms with Crippen molar-refractivity contribution in [3.8, 4) is 0 Å². The Balaban J connectivity index is 2.06. The molecule has 0 N–H and O–H groups in total. The van der Waals surface area contributed by atoms with Gasteiger partial charge in [-0.15, -0.1) is 0 Å². The Kier molecular flexibility index (Phi) is 2.20. The minimum atomic E-state index is -1.57. The van der Waals surface area contributed by atoms with Crippen molar-refractivity contribution in [1.82, 2.24) is 0 Å². The maximum Gasteiger partial charge on any atom is 0.154 e. The zero-order chi connectivity index (χ0) is 17.4. The van der Waals surface area contributed by atoms with Crippen molar-refractivity contribution in [3.63, 3.8) is 0 Å². The summed E-state index contributed by atoms with van der Waals surface area (Å²) < 4.78 is 0. The van der Waals surface area contributed by atoms with E-state index in [2.05, 4.69) is 69.2 Å². The van der Waals surface area contributed by atoms with E-state index in [4.69, 9.17) is 11.2 Å². The average Bonchev–Trinajstić information content (AvgIpc) is 2.81. The molecule has 2 aliphatic carbocycles. The van der Waals surface area contributed by atoms with Gasteiger partial charge in [-0.1, -0.05) is 25.0 Å². The topological polar surface area (TPSA) is 0 Å². The lowest BCUT2D eigenvalue weighted by Gasteiger charge is -2.73. The van der Waals surface area contributed by atoms with E-state index in [1.807, 2.05) is 0 Å². The lowest BCUT2D eigenvalue weighted by Crippen LogP contribution is -2.71. The predicted molar refractivity (Wildman–Crippen MR) is 106 cm³/mol. The number of rotatable bonds is 0. The summed E-state index contributed by atoms with van der Waals surface area (Å²) in [4.78, 5) is 0. The highest BCUT2D eigenvalue weighted by Gasteiger charge is 3.13. The molecule has 23 heavy (non-hydrogen) atoms. The van der Waals surface area contributed by atoms with Gasteiger partial charge in [-0.3, -0.25) is 0 Å². The Bertz CT molecular complexity index is 806. The van der Waals surface area contributed by atoms with Crippen LogP contribution in [0.5, 0.6) is 0 Å². The van der Waals surface area contributed by atoms with Crippen molar-refractivity contribution in [1.29, 1.82) is 0 Å². The molecule has 3 fully saturated rings. The van der Waals surface area contributed by atoms with Crippen molar-refractivity contribution in [3.05, 3.63) is 22.3 Å². The fraction of sp³-hybridized carbons (Fsp3) is 0.800. The summed E-state index contributed by atoms with van der Waals surface area (Å²) in [6.45, 7) is 25.4. The van der Waals surface area contributed by atoms with E-state index >= 15 is 0 Å². The first-order valence-corrected chi connectivity index (χ1v) is 13.8. The molecule has 8 unspecified atom stereocenters. The van der Waals surface area contributed by atoms with Crippen molar-refractivity contribution >= 4 is 25.2 Å². The summed E-state index contributed by atoms with van der Waals surface area (Å²) in [7, 11) is -0.146. The molecule has 8 atom stereocenters. The maximum atomic E-state index is 7.92. The van der Waals surface area contributed by atoms with Gasteiger partial charge in [0.25, 0.3) is 0 Å². The fourth-order valence-corrected chi connectivity index (χ4v) is 33.8. The lowest BCUT2D eigenvalue weighted by molar-refractivity contribution is 0.0434. The van der Waals surface area contributed by atoms with Gasteiger partial charge < -0.3 is 0 Å². The van der Waals surface area contributed by atoms with Gasteiger partial charge in [-0.05, 0) is 66.5 Å². The van der Waals surface area contributed by atoms with Crippen LogP contribution in [0, 0.1) is 10.8 Å². The Morgan fingerprint density at radius 3 is 1.74 bits per heavy atom. The lowest BCUT2D eigenvalue weighted by atomic mass is 9.49. The summed E-state index contributed by atoms with van der Waals surface area (Å²) in [5, 5.41) is 1.25. The van der Waals surface area contributed by atoms with Crippen LogP contribution in [0.4, 0.5) is 0 Å². The van der Waals surface area contributed by atoms with Crippen molar-refractivity contribution in [2.45, 2.75) is 89.9 Å². The van der Waals surface area contributed by atoms with E-state index in [1.165, 1.54) is 0 Å². The molecule has 0 saturated carbocycles. The predicted octanol–water partition coefficient (Wildman–Crippen LogP) is 7.34. The molecule has 0 aromatic carbocycles. The highest BCUT2D eigenvalue weighted by Crippen LogP contribution is 3.29. The van der Waals surface area contributed by atoms with Gasteiger partial charge in [-0.2, -0.15) is 0 Å². The highest BCUT2D eigenvalue weighted by molar-refractivity contribution is 8.55. The van der Waals surface area contributed by atoms with Crippen LogP contribution in [0.15, 0.2) is 22.3 Å². The molecular formula is C20H30ClP2+. The van der Waals surface area contributed by atoms with Crippen LogP contribution in [0.3, 0.4) is 0 Å². The number of fused-ring (bicyclic) bond motifs is 2. The monoisotopic (exact) mass is 367 g/mol.